The Labute approximate surface area is 123 Å². The first kappa shape index (κ1) is 13.3. The van der Waals surface area contributed by atoms with Gasteiger partial charge in [0.1, 0.15) is 0 Å². The number of hydrogen-bond donors (Lipinski definition) is 2. The minimum absolute atomic E-state index is 0.210. The van der Waals surface area contributed by atoms with Crippen LogP contribution in [0.5, 0.6) is 0 Å². The fourth-order valence-electron chi connectivity index (χ4n) is 2.29. The van der Waals surface area contributed by atoms with Crippen LogP contribution in [0.25, 0.3) is 10.9 Å². The summed E-state index contributed by atoms with van der Waals surface area (Å²) in [6.45, 7) is 2.03. The van der Waals surface area contributed by atoms with Crippen LogP contribution < -0.4 is 5.73 Å². The molecule has 1 aromatic heterocycles. The molecule has 0 aliphatic carbocycles. The van der Waals surface area contributed by atoms with Crippen molar-refractivity contribution in [1.82, 2.24) is 4.98 Å². The zero-order valence-corrected chi connectivity index (χ0v) is 12.3. The molecule has 2 aromatic carbocycles. The molecule has 0 fully saturated rings. The maximum Gasteiger partial charge on any atom is 0.0780 e. The lowest BCUT2D eigenvalue weighted by Gasteiger charge is -2.06. The van der Waals surface area contributed by atoms with E-state index in [4.69, 9.17) is 5.73 Å². The highest BCUT2D eigenvalue weighted by Gasteiger charge is 2.03. The average molecular weight is 282 g/mol. The fourth-order valence-corrected chi connectivity index (χ4v) is 3.17. The Kier molecular flexibility index (Phi) is 3.81. The number of nitrogens with two attached hydrogens (primary N) is 1. The number of hydrogen-bond acceptors (Lipinski definition) is 2. The Morgan fingerprint density at radius 1 is 1.10 bits per heavy atom. The second kappa shape index (κ2) is 5.73. The molecule has 0 saturated carbocycles. The molecule has 1 heterocycles. The first-order valence-corrected chi connectivity index (χ1v) is 7.62. The van der Waals surface area contributed by atoms with E-state index in [-0.39, 0.29) is 6.04 Å². The van der Waals surface area contributed by atoms with Crippen molar-refractivity contribution in [2.24, 2.45) is 5.73 Å². The van der Waals surface area contributed by atoms with Crippen LogP contribution in [0.15, 0.2) is 64.5 Å². The van der Waals surface area contributed by atoms with Gasteiger partial charge in [0.05, 0.1) is 5.03 Å². The van der Waals surface area contributed by atoms with Gasteiger partial charge in [-0.3, -0.25) is 0 Å². The van der Waals surface area contributed by atoms with Crippen LogP contribution in [0.4, 0.5) is 0 Å². The SMILES string of the molecule is CC(N)Cc1ccc(Sc2cc3ccccc3[nH]2)cc1. The van der Waals surface area contributed by atoms with Gasteiger partial charge in [-0.25, -0.2) is 0 Å². The van der Waals surface area contributed by atoms with E-state index in [0.717, 1.165) is 6.42 Å². The maximum absolute atomic E-state index is 5.82. The third-order valence-corrected chi connectivity index (χ3v) is 4.16. The van der Waals surface area contributed by atoms with E-state index < -0.39 is 0 Å². The second-order valence-corrected chi connectivity index (χ2v) is 6.26. The van der Waals surface area contributed by atoms with E-state index in [9.17, 15) is 0 Å². The van der Waals surface area contributed by atoms with Gasteiger partial charge in [-0.05, 0) is 43.2 Å². The lowest BCUT2D eigenvalue weighted by molar-refractivity contribution is 0.737. The fraction of sp³-hybridized carbons (Fsp3) is 0.176. The number of aromatic nitrogens is 1. The number of nitrogens with one attached hydrogen (secondary N) is 1. The Morgan fingerprint density at radius 2 is 1.85 bits per heavy atom. The molecular weight excluding hydrogens is 264 g/mol. The number of benzene rings is 2. The summed E-state index contributed by atoms with van der Waals surface area (Å²) in [6.07, 6.45) is 0.928. The quantitative estimate of drug-likeness (QED) is 0.752. The molecule has 0 aliphatic rings. The molecule has 20 heavy (non-hydrogen) atoms. The first-order valence-electron chi connectivity index (χ1n) is 6.81. The monoisotopic (exact) mass is 282 g/mol. The average Bonchev–Trinajstić information content (AvgIpc) is 2.82. The molecule has 0 amide bonds. The predicted octanol–water partition coefficient (Wildman–Crippen LogP) is 4.21. The normalized spacial score (nSPS) is 12.7. The van der Waals surface area contributed by atoms with Gasteiger partial charge in [0.25, 0.3) is 0 Å². The second-order valence-electron chi connectivity index (χ2n) is 5.15. The third kappa shape index (κ3) is 3.06. The summed E-state index contributed by atoms with van der Waals surface area (Å²) < 4.78 is 0. The van der Waals surface area contributed by atoms with Crippen LogP contribution in [0, 0.1) is 0 Å². The topological polar surface area (TPSA) is 41.8 Å². The first-order chi connectivity index (χ1) is 9.70. The van der Waals surface area contributed by atoms with Gasteiger partial charge in [0.2, 0.25) is 0 Å². The number of para-hydroxylation sites is 1. The van der Waals surface area contributed by atoms with Gasteiger partial charge in [0, 0.05) is 21.8 Å². The largest absolute Gasteiger partial charge is 0.349 e. The van der Waals surface area contributed by atoms with Crippen molar-refractivity contribution >= 4 is 22.7 Å². The van der Waals surface area contributed by atoms with Crippen LogP contribution in [-0.4, -0.2) is 11.0 Å². The molecule has 3 aromatic rings. The summed E-state index contributed by atoms with van der Waals surface area (Å²) in [7, 11) is 0. The number of fused-ring (bicyclic) bond motifs is 1. The van der Waals surface area contributed by atoms with E-state index in [0.29, 0.717) is 0 Å². The Bertz CT molecular complexity index is 665. The molecule has 3 rings (SSSR count). The lowest BCUT2D eigenvalue weighted by Crippen LogP contribution is -2.17. The van der Waals surface area contributed by atoms with Gasteiger partial charge < -0.3 is 10.7 Å². The summed E-state index contributed by atoms with van der Waals surface area (Å²) in [4.78, 5) is 4.67. The molecule has 0 aliphatic heterocycles. The maximum atomic E-state index is 5.82. The summed E-state index contributed by atoms with van der Waals surface area (Å²) in [5.74, 6) is 0. The zero-order chi connectivity index (χ0) is 13.9. The number of rotatable bonds is 4. The summed E-state index contributed by atoms with van der Waals surface area (Å²) in [5.41, 5.74) is 8.30. The number of H-pyrrole nitrogens is 1. The molecule has 1 unspecified atom stereocenters. The number of aromatic amines is 1. The Balaban J connectivity index is 1.76. The lowest BCUT2D eigenvalue weighted by atomic mass is 10.1. The molecule has 2 nitrogen and oxygen atoms in total. The van der Waals surface area contributed by atoms with Gasteiger partial charge in [-0.15, -0.1) is 0 Å². The van der Waals surface area contributed by atoms with Crippen molar-refractivity contribution in [2.75, 3.05) is 0 Å². The van der Waals surface area contributed by atoms with Crippen LogP contribution in [0.2, 0.25) is 0 Å². The standard InChI is InChI=1S/C17H18N2S/c1-12(18)10-13-6-8-15(9-7-13)20-17-11-14-4-2-3-5-16(14)19-17/h2-9,11-12,19H,10,18H2,1H3. The van der Waals surface area contributed by atoms with Gasteiger partial charge >= 0.3 is 0 Å². The Hall–Kier alpha value is -1.71. The van der Waals surface area contributed by atoms with Crippen molar-refractivity contribution in [1.29, 1.82) is 0 Å². The zero-order valence-electron chi connectivity index (χ0n) is 11.5. The minimum atomic E-state index is 0.210. The van der Waals surface area contributed by atoms with Crippen molar-refractivity contribution in [3.8, 4) is 0 Å². The highest BCUT2D eigenvalue weighted by molar-refractivity contribution is 7.99. The van der Waals surface area contributed by atoms with Crippen molar-refractivity contribution in [3.63, 3.8) is 0 Å². The van der Waals surface area contributed by atoms with Crippen LogP contribution in [0.3, 0.4) is 0 Å². The smallest absolute Gasteiger partial charge is 0.0780 e. The van der Waals surface area contributed by atoms with Gasteiger partial charge in [-0.2, -0.15) is 0 Å². The van der Waals surface area contributed by atoms with Crippen molar-refractivity contribution < 1.29 is 0 Å². The molecule has 0 saturated heterocycles. The van der Waals surface area contributed by atoms with Gasteiger partial charge in [0.15, 0.2) is 0 Å². The van der Waals surface area contributed by atoms with Crippen LogP contribution in [-0.2, 0) is 6.42 Å². The van der Waals surface area contributed by atoms with Crippen LogP contribution in [0.1, 0.15) is 12.5 Å². The minimum Gasteiger partial charge on any atom is -0.349 e. The Morgan fingerprint density at radius 3 is 2.55 bits per heavy atom. The highest BCUT2D eigenvalue weighted by Crippen LogP contribution is 2.29. The summed E-state index contributed by atoms with van der Waals surface area (Å²) in [6, 6.07) is 19.4. The van der Waals surface area contributed by atoms with Gasteiger partial charge in [-0.1, -0.05) is 42.1 Å². The van der Waals surface area contributed by atoms with Crippen LogP contribution >= 0.6 is 11.8 Å². The predicted molar refractivity (Wildman–Crippen MR) is 86.2 cm³/mol. The van der Waals surface area contributed by atoms with E-state index in [1.807, 2.05) is 6.92 Å². The third-order valence-electron chi connectivity index (χ3n) is 3.21. The van der Waals surface area contributed by atoms with E-state index in [2.05, 4.69) is 59.6 Å². The molecule has 1 atom stereocenters. The van der Waals surface area contributed by atoms with Crippen molar-refractivity contribution in [2.45, 2.75) is 29.3 Å². The molecule has 3 N–H and O–H groups in total. The van der Waals surface area contributed by atoms with E-state index >= 15 is 0 Å². The van der Waals surface area contributed by atoms with Crippen molar-refractivity contribution in [3.05, 3.63) is 60.2 Å². The van der Waals surface area contributed by atoms with E-state index in [1.54, 1.807) is 11.8 Å². The molecule has 0 radical (unpaired) electrons. The summed E-state index contributed by atoms with van der Waals surface area (Å²) >= 11 is 1.75. The molecule has 0 spiro atoms. The molecular formula is C17H18N2S. The summed E-state index contributed by atoms with van der Waals surface area (Å²) in [5, 5.41) is 2.43. The molecule has 102 valence electrons. The highest BCUT2D eigenvalue weighted by atomic mass is 32.2. The molecule has 3 heteroatoms. The van der Waals surface area contributed by atoms with E-state index in [1.165, 1.54) is 26.4 Å². The molecule has 0 bridgehead atoms.